The molecule has 1 atom stereocenters. The highest BCUT2D eigenvalue weighted by atomic mass is 32.2. The molecule has 0 bridgehead atoms. The van der Waals surface area contributed by atoms with Gasteiger partial charge in [-0.15, -0.1) is 0 Å². The predicted octanol–water partition coefficient (Wildman–Crippen LogP) is 3.59. The normalized spacial score (nSPS) is 16.0. The molecule has 0 aliphatic carbocycles. The molecule has 0 saturated heterocycles. The number of aromatic nitrogens is 1. The van der Waals surface area contributed by atoms with E-state index >= 15 is 0 Å². The van der Waals surface area contributed by atoms with Crippen molar-refractivity contribution in [3.8, 4) is 6.07 Å². The molecule has 2 heterocycles. The Morgan fingerprint density at radius 1 is 1.06 bits per heavy atom. The molecule has 0 amide bonds. The van der Waals surface area contributed by atoms with Crippen LogP contribution in [0.1, 0.15) is 16.8 Å². The van der Waals surface area contributed by atoms with Crippen LogP contribution >= 0.6 is 0 Å². The summed E-state index contributed by atoms with van der Waals surface area (Å²) in [4.78, 5) is 6.06. The molecule has 7 nitrogen and oxygen atoms in total. The van der Waals surface area contributed by atoms with Crippen molar-refractivity contribution in [1.29, 1.82) is 5.26 Å². The Labute approximate surface area is 186 Å². The van der Waals surface area contributed by atoms with Crippen LogP contribution in [0.5, 0.6) is 0 Å². The van der Waals surface area contributed by atoms with Crippen molar-refractivity contribution in [3.63, 3.8) is 0 Å². The van der Waals surface area contributed by atoms with Crippen LogP contribution in [0.15, 0.2) is 85.2 Å². The lowest BCUT2D eigenvalue weighted by Gasteiger charge is -2.33. The number of allylic oxidation sites excluding steroid dienone is 2. The van der Waals surface area contributed by atoms with Gasteiger partial charge in [0, 0.05) is 29.2 Å². The Morgan fingerprint density at radius 2 is 1.78 bits per heavy atom. The van der Waals surface area contributed by atoms with E-state index in [1.807, 2.05) is 30.3 Å². The highest BCUT2D eigenvalue weighted by Crippen LogP contribution is 2.37. The van der Waals surface area contributed by atoms with E-state index < -0.39 is 16.3 Å². The summed E-state index contributed by atoms with van der Waals surface area (Å²) in [5, 5.41) is 20.8. The van der Waals surface area contributed by atoms with Crippen molar-refractivity contribution in [1.82, 2.24) is 4.98 Å². The first kappa shape index (κ1) is 21.3. The first-order valence-electron chi connectivity index (χ1n) is 9.75. The maximum atomic E-state index is 11.9. The van der Waals surface area contributed by atoms with Gasteiger partial charge in [-0.2, -0.15) is 5.26 Å². The Kier molecular flexibility index (Phi) is 5.77. The maximum absolute atomic E-state index is 11.9. The summed E-state index contributed by atoms with van der Waals surface area (Å²) in [5.41, 5.74) is 3.52. The number of aliphatic hydroxyl groups is 1. The summed E-state index contributed by atoms with van der Waals surface area (Å²) in [6.07, 6.45) is 5.03. The van der Waals surface area contributed by atoms with E-state index in [2.05, 4.69) is 15.8 Å². The van der Waals surface area contributed by atoms with Crippen molar-refractivity contribution in [3.05, 3.63) is 102 Å². The van der Waals surface area contributed by atoms with Gasteiger partial charge < -0.3 is 10.0 Å². The molecule has 3 aromatic rings. The number of sulfonamides is 1. The van der Waals surface area contributed by atoms with Gasteiger partial charge in [-0.25, -0.2) is 8.42 Å². The number of benzene rings is 2. The predicted molar refractivity (Wildman–Crippen MR) is 125 cm³/mol. The Hall–Kier alpha value is -3.93. The van der Waals surface area contributed by atoms with E-state index in [9.17, 15) is 18.8 Å². The van der Waals surface area contributed by atoms with E-state index in [1.165, 1.54) is 0 Å². The second-order valence-corrected chi connectivity index (χ2v) is 8.98. The number of pyridine rings is 1. The number of para-hydroxylation sites is 1. The third-order valence-corrected chi connectivity index (χ3v) is 5.51. The van der Waals surface area contributed by atoms with Crippen LogP contribution in [0.2, 0.25) is 0 Å². The number of nitriles is 1. The molecule has 4 rings (SSSR count). The molecule has 2 N–H and O–H groups in total. The largest absolute Gasteiger partial charge is 0.369 e. The van der Waals surface area contributed by atoms with Gasteiger partial charge in [-0.05, 0) is 42.0 Å². The lowest BCUT2D eigenvalue weighted by atomic mass is 9.93. The van der Waals surface area contributed by atoms with Gasteiger partial charge in [-0.1, -0.05) is 36.4 Å². The lowest BCUT2D eigenvalue weighted by molar-refractivity contribution is 0.236. The van der Waals surface area contributed by atoms with E-state index in [-0.39, 0.29) is 0 Å². The minimum absolute atomic E-state index is 0.315. The Morgan fingerprint density at radius 3 is 2.50 bits per heavy atom. The number of anilines is 2. The van der Waals surface area contributed by atoms with Gasteiger partial charge in [0.25, 0.3) is 0 Å². The van der Waals surface area contributed by atoms with Crippen LogP contribution < -0.4 is 9.62 Å². The molecule has 0 radical (unpaired) electrons. The van der Waals surface area contributed by atoms with Gasteiger partial charge in [0.1, 0.15) is 0 Å². The van der Waals surface area contributed by atoms with Crippen molar-refractivity contribution < 1.29 is 13.5 Å². The average molecular weight is 445 g/mol. The zero-order valence-corrected chi connectivity index (χ0v) is 18.0. The second kappa shape index (κ2) is 8.67. The second-order valence-electron chi connectivity index (χ2n) is 7.23. The number of hydrogen-bond acceptors (Lipinski definition) is 6. The molecule has 32 heavy (non-hydrogen) atoms. The topological polar surface area (TPSA) is 106 Å². The van der Waals surface area contributed by atoms with Crippen LogP contribution in [-0.2, 0) is 10.0 Å². The van der Waals surface area contributed by atoms with Crippen molar-refractivity contribution >= 4 is 32.5 Å². The number of nitrogens with zero attached hydrogens (tertiary/aromatic N) is 3. The fourth-order valence-electron chi connectivity index (χ4n) is 3.56. The summed E-state index contributed by atoms with van der Waals surface area (Å²) in [6, 6.07) is 21.7. The average Bonchev–Trinajstić information content (AvgIpc) is 2.79. The van der Waals surface area contributed by atoms with Crippen LogP contribution in [0, 0.1) is 11.3 Å². The van der Waals surface area contributed by atoms with E-state index in [0.29, 0.717) is 33.7 Å². The quantitative estimate of drug-likeness (QED) is 0.623. The molecule has 1 aliphatic heterocycles. The zero-order chi connectivity index (χ0) is 22.7. The lowest BCUT2D eigenvalue weighted by Crippen LogP contribution is -2.34. The fourth-order valence-corrected chi connectivity index (χ4v) is 4.13. The minimum Gasteiger partial charge on any atom is -0.369 e. The molecular weight excluding hydrogens is 424 g/mol. The monoisotopic (exact) mass is 444 g/mol. The van der Waals surface area contributed by atoms with Gasteiger partial charge in [0.05, 0.1) is 29.3 Å². The third-order valence-electron chi connectivity index (χ3n) is 4.92. The number of aliphatic hydroxyl groups excluding tert-OH is 1. The third kappa shape index (κ3) is 4.39. The highest BCUT2D eigenvalue weighted by molar-refractivity contribution is 7.92. The molecule has 1 unspecified atom stereocenters. The van der Waals surface area contributed by atoms with Crippen LogP contribution in [0.3, 0.4) is 0 Å². The Balaban J connectivity index is 1.92. The summed E-state index contributed by atoms with van der Waals surface area (Å²) in [7, 11) is -3.54. The first-order chi connectivity index (χ1) is 15.4. The summed E-state index contributed by atoms with van der Waals surface area (Å²) >= 11 is 0. The highest BCUT2D eigenvalue weighted by Gasteiger charge is 2.28. The van der Waals surface area contributed by atoms with Crippen molar-refractivity contribution in [2.24, 2.45) is 0 Å². The molecule has 160 valence electrons. The SMILES string of the molecule is CS(=O)(=O)Nc1cccnc1C1=CN(c2ccccc2)C(O)C(c2ccccc2C#N)=C1. The molecule has 0 spiro atoms. The molecule has 0 fully saturated rings. The van der Waals surface area contributed by atoms with Crippen LogP contribution in [0.25, 0.3) is 11.1 Å². The van der Waals surface area contributed by atoms with E-state index in [0.717, 1.165) is 11.9 Å². The van der Waals surface area contributed by atoms with Crippen molar-refractivity contribution in [2.45, 2.75) is 6.23 Å². The van der Waals surface area contributed by atoms with Crippen LogP contribution in [-0.4, -0.2) is 31.0 Å². The van der Waals surface area contributed by atoms with Gasteiger partial charge in [0.2, 0.25) is 10.0 Å². The van der Waals surface area contributed by atoms with E-state index in [4.69, 9.17) is 0 Å². The number of hydrogen-bond donors (Lipinski definition) is 2. The maximum Gasteiger partial charge on any atom is 0.229 e. The zero-order valence-electron chi connectivity index (χ0n) is 17.2. The van der Waals surface area contributed by atoms with E-state index in [1.54, 1.807) is 59.8 Å². The van der Waals surface area contributed by atoms with Crippen molar-refractivity contribution in [2.75, 3.05) is 15.9 Å². The smallest absolute Gasteiger partial charge is 0.229 e. The van der Waals surface area contributed by atoms with Gasteiger partial charge in [0.15, 0.2) is 6.23 Å². The number of nitrogens with one attached hydrogen (secondary N) is 1. The summed E-state index contributed by atoms with van der Waals surface area (Å²) in [5.74, 6) is 0. The molecule has 0 saturated carbocycles. The summed E-state index contributed by atoms with van der Waals surface area (Å²) in [6.45, 7) is 0. The summed E-state index contributed by atoms with van der Waals surface area (Å²) < 4.78 is 26.3. The fraction of sp³-hybridized carbons (Fsp3) is 0.0833. The molecular formula is C24H20N4O3S. The Bertz CT molecular complexity index is 1360. The molecule has 1 aromatic heterocycles. The first-order valence-corrected chi connectivity index (χ1v) is 11.6. The standard InChI is InChI=1S/C24H20N4O3S/c1-32(30,31)27-22-12-7-13-26-23(22)18-14-21(20-11-6-5-8-17(20)15-25)24(29)28(16-18)19-9-3-2-4-10-19/h2-14,16,24,27,29H,1H3. The molecule has 8 heteroatoms. The van der Waals surface area contributed by atoms with Crippen LogP contribution in [0.4, 0.5) is 11.4 Å². The van der Waals surface area contributed by atoms with Gasteiger partial charge in [-0.3, -0.25) is 9.71 Å². The molecule has 2 aromatic carbocycles. The van der Waals surface area contributed by atoms with Gasteiger partial charge >= 0.3 is 0 Å². The number of rotatable bonds is 5. The minimum atomic E-state index is -3.54. The molecule has 1 aliphatic rings.